The molecule has 524 valence electrons. The van der Waals surface area contributed by atoms with Crippen molar-refractivity contribution in [3.05, 3.63) is 323 Å². The van der Waals surface area contributed by atoms with Gasteiger partial charge in [0.2, 0.25) is 0 Å². The Kier molecular flexibility index (Phi) is 25.6. The topological polar surface area (TPSA) is 157 Å². The molecule has 3 fully saturated rings. The Morgan fingerprint density at radius 3 is 1.03 bits per heavy atom. The standard InChI is InChI=1S/C84H87NO15S/c1-3-101-84-71(85-80(86)67-46-28-29-47-68(67)81(85)87)75(92-52-63-38-20-8-21-39-63)74(70(98-84)57-89-49-60-32-14-5-15-33-60)99-83-79(77(94-54-65-42-24-10-25-43-65)73(91-51-62-36-18-7-19-37-62)69(97-83)56-88-48-59-30-12-4-13-31-59)100-82-78(95-55-66-44-26-11-27-45-66)76(93-53-64-40-22-9-23-41-64)72(58(2)96-82)90-50-61-34-16-6-17-35-61/h4-47,58,69-79,82-84H,3,48-57H2,1-2H3/t58-,69+,70+,71+,72+,73-,74+,75+,76+,77-,78-,79+,82-,83-,84-/m0/s1. The van der Waals surface area contributed by atoms with E-state index in [-0.39, 0.29) is 77.2 Å². The van der Waals surface area contributed by atoms with Crippen LogP contribution in [0.15, 0.2) is 267 Å². The zero-order chi connectivity index (χ0) is 69.0. The normalized spacial score (nSPS) is 25.8. The van der Waals surface area contributed by atoms with Crippen molar-refractivity contribution in [2.75, 3.05) is 19.0 Å². The number of nitrogens with zero attached hydrogens (tertiary/aromatic N) is 1. The number of carbonyl (C=O) groups excluding carboxylic acids is 2. The van der Waals surface area contributed by atoms with Crippen molar-refractivity contribution in [1.82, 2.24) is 4.90 Å². The number of benzene rings is 9. The third kappa shape index (κ3) is 18.6. The van der Waals surface area contributed by atoms with E-state index in [9.17, 15) is 0 Å². The molecule has 0 saturated carbocycles. The van der Waals surface area contributed by atoms with Gasteiger partial charge in [-0.1, -0.05) is 262 Å². The third-order valence-electron chi connectivity index (χ3n) is 18.5. The maximum absolute atomic E-state index is 15.2. The molecule has 9 aromatic carbocycles. The zero-order valence-corrected chi connectivity index (χ0v) is 57.6. The summed E-state index contributed by atoms with van der Waals surface area (Å²) in [5, 5.41) is 0. The highest BCUT2D eigenvalue weighted by atomic mass is 32.2. The van der Waals surface area contributed by atoms with Crippen LogP contribution in [0, 0.1) is 0 Å². The van der Waals surface area contributed by atoms with Crippen LogP contribution in [-0.4, -0.2) is 127 Å². The van der Waals surface area contributed by atoms with Crippen molar-refractivity contribution < 1.29 is 71.2 Å². The van der Waals surface area contributed by atoms with Gasteiger partial charge < -0.3 is 61.6 Å². The molecule has 0 spiro atoms. The number of ether oxygens (including phenoxy) is 13. The quantitative estimate of drug-likeness (QED) is 0.0358. The lowest BCUT2D eigenvalue weighted by molar-refractivity contribution is -0.392. The molecule has 4 heterocycles. The number of hydrogen-bond donors (Lipinski definition) is 0. The molecule has 2 amide bonds. The summed E-state index contributed by atoms with van der Waals surface area (Å²) >= 11 is 1.46. The third-order valence-corrected chi connectivity index (χ3v) is 19.5. The molecule has 0 radical (unpaired) electrons. The second kappa shape index (κ2) is 36.2. The molecular weight excluding hydrogens is 1290 g/mol. The van der Waals surface area contributed by atoms with E-state index in [0.29, 0.717) is 5.75 Å². The molecule has 9 aromatic rings. The van der Waals surface area contributed by atoms with Crippen molar-refractivity contribution in [2.24, 2.45) is 0 Å². The average Bonchev–Trinajstić information content (AvgIpc) is 1.68. The van der Waals surface area contributed by atoms with E-state index < -0.39 is 103 Å². The first-order chi connectivity index (χ1) is 49.8. The molecule has 4 aliphatic rings. The summed E-state index contributed by atoms with van der Waals surface area (Å²) in [5.74, 6) is -0.409. The van der Waals surface area contributed by atoms with Crippen LogP contribution in [0.3, 0.4) is 0 Å². The summed E-state index contributed by atoms with van der Waals surface area (Å²) in [4.78, 5) is 31.7. The van der Waals surface area contributed by atoms with Gasteiger partial charge in [-0.25, -0.2) is 0 Å². The van der Waals surface area contributed by atoms with Gasteiger partial charge in [-0.15, -0.1) is 11.8 Å². The van der Waals surface area contributed by atoms with Crippen molar-refractivity contribution >= 4 is 23.6 Å². The molecule has 16 nitrogen and oxygen atoms in total. The van der Waals surface area contributed by atoms with E-state index in [0.717, 1.165) is 44.5 Å². The fraction of sp³-hybridized carbons (Fsp3) is 0.333. The maximum atomic E-state index is 15.2. The summed E-state index contributed by atoms with van der Waals surface area (Å²) in [6.45, 7) is 5.29. The fourth-order valence-corrected chi connectivity index (χ4v) is 14.4. The highest BCUT2D eigenvalue weighted by Crippen LogP contribution is 2.43. The van der Waals surface area contributed by atoms with E-state index in [2.05, 4.69) is 0 Å². The number of fused-ring (bicyclic) bond motifs is 1. The number of rotatable bonds is 33. The van der Waals surface area contributed by atoms with Crippen LogP contribution in [-0.2, 0) is 114 Å². The molecule has 101 heavy (non-hydrogen) atoms. The molecule has 3 saturated heterocycles. The molecule has 4 aliphatic heterocycles. The van der Waals surface area contributed by atoms with Gasteiger partial charge in [0.15, 0.2) is 12.6 Å². The molecule has 0 unspecified atom stereocenters. The Labute approximate surface area is 595 Å². The Bertz CT molecular complexity index is 3900. The minimum Gasteiger partial charge on any atom is -0.374 e. The number of amides is 2. The molecule has 0 aliphatic carbocycles. The smallest absolute Gasteiger partial charge is 0.262 e. The summed E-state index contributed by atoms with van der Waals surface area (Å²) in [6, 6.07) is 85.2. The highest BCUT2D eigenvalue weighted by molar-refractivity contribution is 7.99. The van der Waals surface area contributed by atoms with Crippen molar-refractivity contribution in [2.45, 2.75) is 158 Å². The van der Waals surface area contributed by atoms with Gasteiger partial charge in [-0.3, -0.25) is 14.5 Å². The number of thioether (sulfide) groups is 1. The SMILES string of the molecule is CCS[C@@H]1O[C@H](COCc2ccccc2)[C@@H](O[C@@H]2O[C@H](COCc3ccccc3)[C@H](OCc3ccccc3)[C@H](OCc3ccccc3)[C@H]2O[C@@H]2O[C@@H](C)[C@@H](OCc3ccccc3)[C@@H](OCc3ccccc3)[C@@H]2OCc2ccccc2)[C@H](OCc2ccccc2)[C@H]1N1C(=O)c2ccccc2C1=O. The van der Waals surface area contributed by atoms with E-state index in [1.807, 2.05) is 257 Å². The molecule has 0 N–H and O–H groups in total. The van der Waals surface area contributed by atoms with E-state index in [1.54, 1.807) is 24.3 Å². The summed E-state index contributed by atoms with van der Waals surface area (Å²) < 4.78 is 95.0. The molecule has 15 atom stereocenters. The predicted octanol–water partition coefficient (Wildman–Crippen LogP) is 14.3. The Balaban J connectivity index is 0.963. The first-order valence-electron chi connectivity index (χ1n) is 34.8. The molecule has 0 bridgehead atoms. The van der Waals surface area contributed by atoms with Crippen LogP contribution < -0.4 is 0 Å². The van der Waals surface area contributed by atoms with Crippen LogP contribution in [0.4, 0.5) is 0 Å². The first kappa shape index (κ1) is 71.3. The van der Waals surface area contributed by atoms with Crippen LogP contribution >= 0.6 is 11.8 Å². The molecule has 0 aromatic heterocycles. The van der Waals surface area contributed by atoms with Crippen LogP contribution in [0.2, 0.25) is 0 Å². The first-order valence-corrected chi connectivity index (χ1v) is 35.9. The van der Waals surface area contributed by atoms with Gasteiger partial charge in [0.25, 0.3) is 11.8 Å². The van der Waals surface area contributed by atoms with E-state index in [4.69, 9.17) is 61.6 Å². The lowest BCUT2D eigenvalue weighted by atomic mass is 9.94. The number of imide groups is 1. The van der Waals surface area contributed by atoms with Gasteiger partial charge in [-0.05, 0) is 69.3 Å². The van der Waals surface area contributed by atoms with Gasteiger partial charge in [-0.2, -0.15) is 0 Å². The molecule has 13 rings (SSSR count). The molecule has 17 heteroatoms. The van der Waals surface area contributed by atoms with E-state index in [1.165, 1.54) is 16.7 Å². The van der Waals surface area contributed by atoms with Gasteiger partial charge in [0, 0.05) is 0 Å². The summed E-state index contributed by atoms with van der Waals surface area (Å²) in [5.41, 5.74) is 7.03. The lowest BCUT2D eigenvalue weighted by Gasteiger charge is -2.52. The largest absolute Gasteiger partial charge is 0.374 e. The summed E-state index contributed by atoms with van der Waals surface area (Å²) in [6.07, 6.45) is -13.4. The predicted molar refractivity (Wildman–Crippen MR) is 383 cm³/mol. The van der Waals surface area contributed by atoms with E-state index >= 15 is 9.59 Å². The summed E-state index contributed by atoms with van der Waals surface area (Å²) in [7, 11) is 0. The van der Waals surface area contributed by atoms with Crippen molar-refractivity contribution in [1.29, 1.82) is 0 Å². The Hall–Kier alpha value is -8.05. The van der Waals surface area contributed by atoms with Crippen LogP contribution in [0.1, 0.15) is 79.1 Å². The second-order valence-electron chi connectivity index (χ2n) is 25.5. The van der Waals surface area contributed by atoms with Crippen molar-refractivity contribution in [3.8, 4) is 0 Å². The fourth-order valence-electron chi connectivity index (χ4n) is 13.4. The lowest BCUT2D eigenvalue weighted by Crippen LogP contribution is -2.69. The van der Waals surface area contributed by atoms with Crippen molar-refractivity contribution in [3.63, 3.8) is 0 Å². The van der Waals surface area contributed by atoms with Crippen LogP contribution in [0.25, 0.3) is 0 Å². The van der Waals surface area contributed by atoms with Gasteiger partial charge in [0.1, 0.15) is 72.5 Å². The number of hydrogen-bond acceptors (Lipinski definition) is 16. The zero-order valence-electron chi connectivity index (χ0n) is 56.8. The van der Waals surface area contributed by atoms with Gasteiger partial charge >= 0.3 is 0 Å². The Morgan fingerprint density at radius 2 is 0.634 bits per heavy atom. The van der Waals surface area contributed by atoms with Gasteiger partial charge in [0.05, 0.1) is 83.3 Å². The minimum absolute atomic E-state index is 0.00661. The second-order valence-corrected chi connectivity index (χ2v) is 26.9. The average molecular weight is 1380 g/mol. The highest BCUT2D eigenvalue weighted by Gasteiger charge is 2.59. The Morgan fingerprint density at radius 1 is 0.327 bits per heavy atom. The monoisotopic (exact) mass is 1380 g/mol. The number of carbonyl (C=O) groups is 2. The molecular formula is C84H87NO15S. The minimum atomic E-state index is -1.45. The van der Waals surface area contributed by atoms with Crippen LogP contribution in [0.5, 0.6) is 0 Å². The maximum Gasteiger partial charge on any atom is 0.262 e.